The number of nitrogens with zero attached hydrogens (tertiary/aromatic N) is 1. The Kier molecular flexibility index (Phi) is 5.71. The summed E-state index contributed by atoms with van der Waals surface area (Å²) in [4.78, 5) is 27.3. The largest absolute Gasteiger partial charge is 0.353 e. The molecule has 1 saturated carbocycles. The van der Waals surface area contributed by atoms with Crippen LogP contribution in [0.2, 0.25) is 0 Å². The van der Waals surface area contributed by atoms with E-state index in [1.165, 1.54) is 23.5 Å². The van der Waals surface area contributed by atoms with Crippen molar-refractivity contribution in [1.82, 2.24) is 5.32 Å². The summed E-state index contributed by atoms with van der Waals surface area (Å²) in [5.74, 6) is -0.446. The Labute approximate surface area is 173 Å². The summed E-state index contributed by atoms with van der Waals surface area (Å²) in [6.07, 6.45) is 2.44. The number of amides is 2. The molecule has 6 heteroatoms. The molecule has 0 bridgehead atoms. The minimum Gasteiger partial charge on any atom is -0.353 e. The van der Waals surface area contributed by atoms with Gasteiger partial charge in [-0.1, -0.05) is 30.3 Å². The van der Waals surface area contributed by atoms with Gasteiger partial charge in [-0.15, -0.1) is 11.3 Å². The van der Waals surface area contributed by atoms with Gasteiger partial charge in [0.05, 0.1) is 17.8 Å². The molecule has 1 aliphatic rings. The summed E-state index contributed by atoms with van der Waals surface area (Å²) in [5.41, 5.74) is 2.31. The van der Waals surface area contributed by atoms with Crippen LogP contribution in [0.4, 0.5) is 10.1 Å². The topological polar surface area (TPSA) is 49.4 Å². The van der Waals surface area contributed by atoms with Gasteiger partial charge in [0.1, 0.15) is 5.82 Å². The molecule has 0 aliphatic heterocycles. The molecule has 29 heavy (non-hydrogen) atoms. The number of nitrogens with one attached hydrogen (secondary N) is 1. The molecule has 4 nitrogen and oxygen atoms in total. The monoisotopic (exact) mass is 408 g/mol. The summed E-state index contributed by atoms with van der Waals surface area (Å²) in [6.45, 7) is 0.260. The first kappa shape index (κ1) is 19.3. The molecule has 0 spiro atoms. The minimum atomic E-state index is -0.331. The lowest BCUT2D eigenvalue weighted by Crippen LogP contribution is -2.30. The van der Waals surface area contributed by atoms with E-state index in [0.29, 0.717) is 28.6 Å². The Hall–Kier alpha value is -2.99. The van der Waals surface area contributed by atoms with Crippen LogP contribution in [0.5, 0.6) is 0 Å². The average Bonchev–Trinajstić information content (AvgIpc) is 3.34. The third-order valence-electron chi connectivity index (χ3n) is 4.76. The van der Waals surface area contributed by atoms with Crippen molar-refractivity contribution in [2.45, 2.75) is 31.8 Å². The van der Waals surface area contributed by atoms with Gasteiger partial charge in [0.25, 0.3) is 5.91 Å². The van der Waals surface area contributed by atoms with Crippen molar-refractivity contribution in [2.24, 2.45) is 0 Å². The number of anilines is 1. The highest BCUT2D eigenvalue weighted by atomic mass is 32.1. The second-order valence-corrected chi connectivity index (χ2v) is 8.13. The molecular weight excluding hydrogens is 387 g/mol. The van der Waals surface area contributed by atoms with E-state index in [2.05, 4.69) is 5.32 Å². The molecule has 1 N–H and O–H groups in total. The zero-order chi connectivity index (χ0) is 20.2. The zero-order valence-corrected chi connectivity index (χ0v) is 16.6. The molecule has 0 atom stereocenters. The van der Waals surface area contributed by atoms with Crippen molar-refractivity contribution in [3.05, 3.63) is 87.9 Å². The molecule has 0 radical (unpaired) electrons. The number of carbonyl (C=O) groups is 2. The first-order chi connectivity index (χ1) is 14.1. The summed E-state index contributed by atoms with van der Waals surface area (Å²) in [5, 5.41) is 4.83. The van der Waals surface area contributed by atoms with Crippen molar-refractivity contribution < 1.29 is 14.0 Å². The normalized spacial score (nSPS) is 13.1. The smallest absolute Gasteiger partial charge is 0.268 e. The van der Waals surface area contributed by atoms with E-state index >= 15 is 0 Å². The fourth-order valence-electron chi connectivity index (χ4n) is 3.12. The van der Waals surface area contributed by atoms with Crippen molar-refractivity contribution in [2.75, 3.05) is 4.90 Å². The Balaban J connectivity index is 1.54. The van der Waals surface area contributed by atoms with Gasteiger partial charge in [-0.05, 0) is 59.7 Å². The van der Waals surface area contributed by atoms with E-state index in [1.807, 2.05) is 35.7 Å². The van der Waals surface area contributed by atoms with E-state index < -0.39 is 0 Å². The maximum Gasteiger partial charge on any atom is 0.268 e. The summed E-state index contributed by atoms with van der Waals surface area (Å²) in [6, 6.07) is 17.6. The first-order valence-corrected chi connectivity index (χ1v) is 10.4. The predicted octanol–water partition coefficient (Wildman–Crippen LogP) is 4.56. The fourth-order valence-corrected chi connectivity index (χ4v) is 3.79. The Morgan fingerprint density at radius 2 is 1.83 bits per heavy atom. The predicted molar refractivity (Wildman–Crippen MR) is 113 cm³/mol. The maximum absolute atomic E-state index is 13.6. The van der Waals surface area contributed by atoms with Crippen LogP contribution < -0.4 is 10.2 Å². The summed E-state index contributed by atoms with van der Waals surface area (Å²) < 4.78 is 13.6. The number of hydrogen-bond acceptors (Lipinski definition) is 3. The second kappa shape index (κ2) is 8.57. The van der Waals surface area contributed by atoms with Crippen LogP contribution in [0.15, 0.2) is 66.0 Å². The van der Waals surface area contributed by atoms with Crippen molar-refractivity contribution in [3.63, 3.8) is 0 Å². The molecule has 1 fully saturated rings. The lowest BCUT2D eigenvalue weighted by molar-refractivity contribution is -0.120. The Morgan fingerprint density at radius 1 is 1.03 bits per heavy atom. The van der Waals surface area contributed by atoms with Gasteiger partial charge in [0.15, 0.2) is 0 Å². The van der Waals surface area contributed by atoms with Gasteiger partial charge < -0.3 is 10.2 Å². The molecule has 1 aromatic heterocycles. The minimum absolute atomic E-state index is 0.0199. The molecular formula is C23H21FN2O2S. The number of halogens is 1. The summed E-state index contributed by atoms with van der Waals surface area (Å²) in [7, 11) is 0. The van der Waals surface area contributed by atoms with Gasteiger partial charge in [0.2, 0.25) is 5.91 Å². The zero-order valence-electron chi connectivity index (χ0n) is 15.8. The van der Waals surface area contributed by atoms with E-state index in [4.69, 9.17) is 0 Å². The van der Waals surface area contributed by atoms with E-state index in [1.54, 1.807) is 23.1 Å². The molecule has 2 aromatic carbocycles. The van der Waals surface area contributed by atoms with E-state index in [0.717, 1.165) is 18.4 Å². The number of thiophene rings is 1. The van der Waals surface area contributed by atoms with Crippen molar-refractivity contribution in [1.29, 1.82) is 0 Å². The molecule has 1 aliphatic carbocycles. The molecule has 1 heterocycles. The molecule has 0 unspecified atom stereocenters. The quantitative estimate of drug-likeness (QED) is 0.623. The van der Waals surface area contributed by atoms with Crippen LogP contribution in [0, 0.1) is 5.82 Å². The lowest BCUT2D eigenvalue weighted by atomic mass is 10.1. The third-order valence-corrected chi connectivity index (χ3v) is 5.62. The van der Waals surface area contributed by atoms with E-state index in [9.17, 15) is 14.0 Å². The van der Waals surface area contributed by atoms with Crippen molar-refractivity contribution in [3.8, 4) is 0 Å². The van der Waals surface area contributed by atoms with Gasteiger partial charge in [0, 0.05) is 11.7 Å². The maximum atomic E-state index is 13.6. The highest BCUT2D eigenvalue weighted by molar-refractivity contribution is 7.12. The fraction of sp³-hybridized carbons (Fsp3) is 0.217. The van der Waals surface area contributed by atoms with Crippen molar-refractivity contribution >= 4 is 28.8 Å². The number of rotatable bonds is 7. The van der Waals surface area contributed by atoms with Crippen LogP contribution >= 0.6 is 11.3 Å². The number of carbonyl (C=O) groups excluding carboxylic acids is 2. The van der Waals surface area contributed by atoms with E-state index in [-0.39, 0.29) is 24.2 Å². The summed E-state index contributed by atoms with van der Waals surface area (Å²) >= 11 is 1.37. The van der Waals surface area contributed by atoms with Crippen LogP contribution in [0.3, 0.4) is 0 Å². The third kappa shape index (κ3) is 5.09. The highest BCUT2D eigenvalue weighted by Crippen LogP contribution is 2.24. The Morgan fingerprint density at radius 3 is 2.48 bits per heavy atom. The average molecular weight is 408 g/mol. The molecule has 3 aromatic rings. The first-order valence-electron chi connectivity index (χ1n) is 9.56. The second-order valence-electron chi connectivity index (χ2n) is 7.18. The van der Waals surface area contributed by atoms with Crippen LogP contribution in [0.1, 0.15) is 33.6 Å². The van der Waals surface area contributed by atoms with Gasteiger partial charge in [-0.2, -0.15) is 0 Å². The lowest BCUT2D eigenvalue weighted by Gasteiger charge is -2.23. The van der Waals surface area contributed by atoms with Gasteiger partial charge >= 0.3 is 0 Å². The highest BCUT2D eigenvalue weighted by Gasteiger charge is 2.23. The van der Waals surface area contributed by atoms with Gasteiger partial charge in [-0.3, -0.25) is 9.59 Å². The number of benzene rings is 2. The SMILES string of the molecule is O=C(Cc1ccc(N(Cc2cccc(F)c2)C(=O)c2cccs2)cc1)NC1CC1. The van der Waals surface area contributed by atoms with Gasteiger partial charge in [-0.25, -0.2) is 4.39 Å². The Bertz CT molecular complexity index is 998. The molecule has 2 amide bonds. The molecule has 148 valence electrons. The van der Waals surface area contributed by atoms with Crippen LogP contribution in [0.25, 0.3) is 0 Å². The van der Waals surface area contributed by atoms with Crippen LogP contribution in [-0.4, -0.2) is 17.9 Å². The van der Waals surface area contributed by atoms with Crippen LogP contribution in [-0.2, 0) is 17.8 Å². The molecule has 0 saturated heterocycles. The molecule has 4 rings (SSSR count). The standard InChI is InChI=1S/C23H21FN2O2S/c24-18-4-1-3-17(13-18)15-26(23(28)21-5-2-12-29-21)20-10-6-16(7-11-20)14-22(27)25-19-8-9-19/h1-7,10-13,19H,8-9,14-15H2,(H,25,27). The number of hydrogen-bond donors (Lipinski definition) is 1.